The molecule has 1 aliphatic heterocycles. The van der Waals surface area contributed by atoms with E-state index in [-0.39, 0.29) is 30.4 Å². The molecule has 5 fully saturated rings. The number of benzene rings is 3. The van der Waals surface area contributed by atoms with E-state index in [0.717, 1.165) is 75.6 Å². The summed E-state index contributed by atoms with van der Waals surface area (Å²) in [6.07, 6.45) is 7.41. The normalized spacial score (nSPS) is 28.8. The standard InChI is InChI=1S/C38H44N6O4S/c1-44-37(41-42-43-44)49-23-33-17-34(30-7-5-24(22-45)6-8-30)48-35(47-33)31-11-9-29(10-12-31)32-4-2-3-25(16-32)21-39-36(46)40-38-18-26-13-27(19-38)15-28(14-26)20-38/h2-12,16,26-28,33-35,45H,13-15,17-23H2,1H3,(H2,39,40,46). The first-order valence-corrected chi connectivity index (χ1v) is 18.5. The van der Waals surface area contributed by atoms with Crippen LogP contribution in [0.2, 0.25) is 0 Å². The van der Waals surface area contributed by atoms with Crippen LogP contribution in [-0.4, -0.2) is 48.7 Å². The van der Waals surface area contributed by atoms with Crippen LogP contribution in [0.25, 0.3) is 11.1 Å². The van der Waals surface area contributed by atoms with E-state index < -0.39 is 6.29 Å². The smallest absolute Gasteiger partial charge is 0.315 e. The number of urea groups is 1. The second-order valence-electron chi connectivity index (χ2n) is 14.6. The molecule has 3 aromatic carbocycles. The number of thioether (sulfide) groups is 1. The van der Waals surface area contributed by atoms with Gasteiger partial charge in [-0.25, -0.2) is 9.48 Å². The quantitative estimate of drug-likeness (QED) is 0.163. The average molecular weight is 681 g/mol. The Morgan fingerprint density at radius 2 is 1.61 bits per heavy atom. The van der Waals surface area contributed by atoms with E-state index in [9.17, 15) is 9.90 Å². The van der Waals surface area contributed by atoms with Gasteiger partial charge in [0.15, 0.2) is 6.29 Å². The van der Waals surface area contributed by atoms with Crippen molar-refractivity contribution in [1.82, 2.24) is 30.8 Å². The molecular weight excluding hydrogens is 637 g/mol. The summed E-state index contributed by atoms with van der Waals surface area (Å²) >= 11 is 1.56. The third-order valence-electron chi connectivity index (χ3n) is 10.9. The van der Waals surface area contributed by atoms with Crippen LogP contribution >= 0.6 is 11.8 Å². The lowest BCUT2D eigenvalue weighted by atomic mass is 9.53. The van der Waals surface area contributed by atoms with Gasteiger partial charge in [0.2, 0.25) is 5.16 Å². The van der Waals surface area contributed by atoms with Crippen molar-refractivity contribution in [2.75, 3.05) is 5.75 Å². The van der Waals surface area contributed by atoms with Gasteiger partial charge >= 0.3 is 6.03 Å². The van der Waals surface area contributed by atoms with E-state index in [1.807, 2.05) is 37.4 Å². The van der Waals surface area contributed by atoms with Gasteiger partial charge in [0, 0.05) is 36.9 Å². The van der Waals surface area contributed by atoms with E-state index in [4.69, 9.17) is 9.47 Å². The zero-order valence-electron chi connectivity index (χ0n) is 27.8. The molecule has 2 amide bonds. The Bertz CT molecular complexity index is 1730. The second kappa shape index (κ2) is 13.9. The molecule has 3 N–H and O–H groups in total. The summed E-state index contributed by atoms with van der Waals surface area (Å²) in [7, 11) is 1.83. The number of carbonyl (C=O) groups excluding carboxylic acids is 1. The van der Waals surface area contributed by atoms with Crippen molar-refractivity contribution in [3.63, 3.8) is 0 Å². The molecule has 11 heteroatoms. The van der Waals surface area contributed by atoms with E-state index in [0.29, 0.717) is 18.7 Å². The molecule has 1 saturated heterocycles. The molecule has 0 spiro atoms. The molecular formula is C38H44N6O4S. The van der Waals surface area contributed by atoms with Crippen LogP contribution in [0, 0.1) is 17.8 Å². The van der Waals surface area contributed by atoms with Gasteiger partial charge in [-0.3, -0.25) is 0 Å². The molecule has 2 heterocycles. The summed E-state index contributed by atoms with van der Waals surface area (Å²) in [5, 5.41) is 28.6. The van der Waals surface area contributed by atoms with Crippen LogP contribution in [0.4, 0.5) is 4.79 Å². The number of ether oxygens (including phenoxy) is 2. The van der Waals surface area contributed by atoms with Crippen LogP contribution in [0.15, 0.2) is 78.0 Å². The van der Waals surface area contributed by atoms with Crippen molar-refractivity contribution >= 4 is 17.8 Å². The van der Waals surface area contributed by atoms with Crippen LogP contribution < -0.4 is 10.6 Å². The summed E-state index contributed by atoms with van der Waals surface area (Å²) in [4.78, 5) is 13.1. The molecule has 5 aliphatic rings. The molecule has 4 bridgehead atoms. The van der Waals surface area contributed by atoms with Gasteiger partial charge in [-0.15, -0.1) is 5.10 Å². The number of nitrogens with zero attached hydrogens (tertiary/aromatic N) is 4. The highest BCUT2D eigenvalue weighted by Crippen LogP contribution is 2.55. The molecule has 0 radical (unpaired) electrons. The number of nitrogens with one attached hydrogen (secondary N) is 2. The predicted octanol–water partition coefficient (Wildman–Crippen LogP) is 6.48. The minimum absolute atomic E-state index is 0.00527. The highest BCUT2D eigenvalue weighted by molar-refractivity contribution is 7.99. The van der Waals surface area contributed by atoms with E-state index in [1.54, 1.807) is 16.4 Å². The van der Waals surface area contributed by atoms with Crippen molar-refractivity contribution < 1.29 is 19.4 Å². The fourth-order valence-electron chi connectivity index (χ4n) is 8.96. The van der Waals surface area contributed by atoms with E-state index in [2.05, 4.69) is 68.6 Å². The Kier molecular flexibility index (Phi) is 9.17. The number of hydrogen-bond donors (Lipinski definition) is 3. The number of aryl methyl sites for hydroxylation is 1. The Hall–Kier alpha value is -3.77. The fourth-order valence-corrected chi connectivity index (χ4v) is 9.83. The van der Waals surface area contributed by atoms with Gasteiger partial charge < -0.3 is 25.2 Å². The number of aromatic nitrogens is 4. The van der Waals surface area contributed by atoms with Crippen molar-refractivity contribution in [2.45, 2.75) is 87.3 Å². The summed E-state index contributed by atoms with van der Waals surface area (Å²) in [5.74, 6) is 3.07. The molecule has 10 nitrogen and oxygen atoms in total. The predicted molar refractivity (Wildman–Crippen MR) is 186 cm³/mol. The highest BCUT2D eigenvalue weighted by atomic mass is 32.2. The maximum absolute atomic E-state index is 13.1. The van der Waals surface area contributed by atoms with Gasteiger partial charge in [-0.1, -0.05) is 78.5 Å². The molecule has 3 unspecified atom stereocenters. The second-order valence-corrected chi connectivity index (χ2v) is 15.6. The van der Waals surface area contributed by atoms with Crippen LogP contribution in [-0.2, 0) is 29.7 Å². The number of aliphatic hydroxyl groups is 1. The van der Waals surface area contributed by atoms with Gasteiger partial charge in [-0.05, 0) is 101 Å². The molecule has 256 valence electrons. The summed E-state index contributed by atoms with van der Waals surface area (Å²) in [6, 6.07) is 24.6. The lowest BCUT2D eigenvalue weighted by Gasteiger charge is -2.56. The van der Waals surface area contributed by atoms with Crippen LogP contribution in [0.1, 0.15) is 79.6 Å². The molecule has 4 aromatic rings. The first kappa shape index (κ1) is 32.4. The lowest BCUT2D eigenvalue weighted by Crippen LogP contribution is -2.61. The SMILES string of the molecule is Cn1nnnc1SCC1CC(c2ccc(CO)cc2)OC(c2ccc(-c3cccc(CNC(=O)NC45CC6CC(CC(C6)C4)C5)c3)cc2)O1. The molecule has 3 atom stereocenters. The molecule has 1 aromatic heterocycles. The third-order valence-corrected chi connectivity index (χ3v) is 12.1. The number of rotatable bonds is 10. The van der Waals surface area contributed by atoms with Crippen molar-refractivity contribution in [3.8, 4) is 11.1 Å². The minimum Gasteiger partial charge on any atom is -0.392 e. The van der Waals surface area contributed by atoms with E-state index in [1.165, 1.54) is 19.3 Å². The summed E-state index contributed by atoms with van der Waals surface area (Å²) in [6.45, 7) is 0.490. The highest BCUT2D eigenvalue weighted by Gasteiger charge is 2.51. The number of aliphatic hydroxyl groups excluding tert-OH is 1. The van der Waals surface area contributed by atoms with Gasteiger partial charge in [-0.2, -0.15) is 0 Å². The van der Waals surface area contributed by atoms with Gasteiger partial charge in [0.1, 0.15) is 0 Å². The van der Waals surface area contributed by atoms with Crippen LogP contribution in [0.5, 0.6) is 0 Å². The number of carbonyl (C=O) groups is 1. The minimum atomic E-state index is -0.545. The maximum atomic E-state index is 13.1. The lowest BCUT2D eigenvalue weighted by molar-refractivity contribution is -0.245. The maximum Gasteiger partial charge on any atom is 0.315 e. The summed E-state index contributed by atoms with van der Waals surface area (Å²) < 4.78 is 14.7. The Balaban J connectivity index is 0.921. The van der Waals surface area contributed by atoms with Gasteiger partial charge in [0.25, 0.3) is 0 Å². The Morgan fingerprint density at radius 1 is 0.898 bits per heavy atom. The van der Waals surface area contributed by atoms with Crippen molar-refractivity contribution in [3.05, 3.63) is 95.1 Å². The van der Waals surface area contributed by atoms with Crippen molar-refractivity contribution in [2.24, 2.45) is 24.8 Å². The number of hydrogen-bond acceptors (Lipinski definition) is 8. The molecule has 4 saturated carbocycles. The molecule has 4 aliphatic carbocycles. The third kappa shape index (κ3) is 7.26. The summed E-state index contributed by atoms with van der Waals surface area (Å²) in [5.41, 5.74) is 6.10. The first-order valence-electron chi connectivity index (χ1n) is 17.5. The fraction of sp³-hybridized carbons (Fsp3) is 0.474. The zero-order valence-corrected chi connectivity index (χ0v) is 28.6. The Morgan fingerprint density at radius 3 is 2.29 bits per heavy atom. The van der Waals surface area contributed by atoms with Gasteiger partial charge in [0.05, 0.1) is 18.8 Å². The van der Waals surface area contributed by atoms with Crippen molar-refractivity contribution in [1.29, 1.82) is 0 Å². The number of amides is 2. The zero-order chi connectivity index (χ0) is 33.4. The van der Waals surface area contributed by atoms with Crippen LogP contribution in [0.3, 0.4) is 0 Å². The monoisotopic (exact) mass is 680 g/mol. The average Bonchev–Trinajstić information content (AvgIpc) is 3.53. The number of tetrazole rings is 1. The molecule has 49 heavy (non-hydrogen) atoms. The van der Waals surface area contributed by atoms with E-state index >= 15 is 0 Å². The topological polar surface area (TPSA) is 123 Å². The largest absolute Gasteiger partial charge is 0.392 e. The Labute approximate surface area is 291 Å². The first-order chi connectivity index (χ1) is 23.9. The molecule has 9 rings (SSSR count).